The highest BCUT2D eigenvalue weighted by atomic mass is 16.5. The summed E-state index contributed by atoms with van der Waals surface area (Å²) in [4.78, 5) is 4.69. The Morgan fingerprint density at radius 2 is 1.73 bits per heavy atom. The predicted octanol–water partition coefficient (Wildman–Crippen LogP) is 6.53. The number of hydrogen-bond donors (Lipinski definition) is 0. The summed E-state index contributed by atoms with van der Waals surface area (Å²) in [5, 5.41) is 12.0. The maximum absolute atomic E-state index is 9.98. The molecular formula is C26H22N2O2. The van der Waals surface area contributed by atoms with Crippen molar-refractivity contribution in [2.45, 2.75) is 19.8 Å². The van der Waals surface area contributed by atoms with Gasteiger partial charge < -0.3 is 9.47 Å². The van der Waals surface area contributed by atoms with Gasteiger partial charge in [0.15, 0.2) is 0 Å². The second-order valence-electron chi connectivity index (χ2n) is 7.01. The monoisotopic (exact) mass is 394 g/mol. The molecule has 4 nitrogen and oxygen atoms in total. The van der Waals surface area contributed by atoms with Gasteiger partial charge in [0.05, 0.1) is 7.11 Å². The van der Waals surface area contributed by atoms with Gasteiger partial charge in [0.25, 0.3) is 0 Å². The minimum atomic E-state index is 0.339. The van der Waals surface area contributed by atoms with Crippen LogP contribution in [0, 0.1) is 11.3 Å². The van der Waals surface area contributed by atoms with Gasteiger partial charge >= 0.3 is 0 Å². The first-order valence-electron chi connectivity index (χ1n) is 9.97. The molecule has 0 saturated heterocycles. The first-order valence-corrected chi connectivity index (χ1v) is 9.97. The fourth-order valence-electron chi connectivity index (χ4n) is 3.53. The number of nitriles is 1. The van der Waals surface area contributed by atoms with Crippen LogP contribution in [-0.2, 0) is 6.42 Å². The Hall–Kier alpha value is -3.84. The number of nitrogens with zero attached hydrogens (tertiary/aromatic N) is 2. The fourth-order valence-corrected chi connectivity index (χ4v) is 3.53. The maximum Gasteiger partial charge on any atom is 0.238 e. The Bertz CT molecular complexity index is 1220. The van der Waals surface area contributed by atoms with Crippen molar-refractivity contribution >= 4 is 10.8 Å². The third-order valence-corrected chi connectivity index (χ3v) is 5.01. The quantitative estimate of drug-likeness (QED) is 0.373. The van der Waals surface area contributed by atoms with Crippen LogP contribution >= 0.6 is 0 Å². The zero-order valence-corrected chi connectivity index (χ0v) is 17.1. The summed E-state index contributed by atoms with van der Waals surface area (Å²) in [6, 6.07) is 25.9. The van der Waals surface area contributed by atoms with Crippen molar-refractivity contribution in [2.24, 2.45) is 0 Å². The van der Waals surface area contributed by atoms with Crippen LogP contribution in [0.15, 0.2) is 72.8 Å². The van der Waals surface area contributed by atoms with E-state index in [1.165, 1.54) is 0 Å². The summed E-state index contributed by atoms with van der Waals surface area (Å²) < 4.78 is 11.5. The first-order chi connectivity index (χ1) is 14.7. The minimum absolute atomic E-state index is 0.339. The zero-order chi connectivity index (χ0) is 20.9. The Kier molecular flexibility index (Phi) is 5.63. The Labute approximate surface area is 176 Å². The smallest absolute Gasteiger partial charge is 0.238 e. The lowest BCUT2D eigenvalue weighted by Gasteiger charge is -2.14. The average molecular weight is 394 g/mol. The van der Waals surface area contributed by atoms with Gasteiger partial charge in [0, 0.05) is 16.6 Å². The summed E-state index contributed by atoms with van der Waals surface area (Å²) in [5.74, 6) is 1.80. The number of benzene rings is 3. The lowest BCUT2D eigenvalue weighted by Crippen LogP contribution is -2.00. The van der Waals surface area contributed by atoms with E-state index in [2.05, 4.69) is 18.0 Å². The van der Waals surface area contributed by atoms with E-state index in [1.54, 1.807) is 7.11 Å². The van der Waals surface area contributed by atoms with E-state index in [9.17, 15) is 5.26 Å². The summed E-state index contributed by atoms with van der Waals surface area (Å²) in [5.41, 5.74) is 3.06. The van der Waals surface area contributed by atoms with Crippen LogP contribution in [0.25, 0.3) is 21.9 Å². The third-order valence-electron chi connectivity index (χ3n) is 5.01. The predicted molar refractivity (Wildman–Crippen MR) is 119 cm³/mol. The number of pyridine rings is 1. The van der Waals surface area contributed by atoms with Crippen LogP contribution in [0.1, 0.15) is 24.6 Å². The molecule has 1 heterocycles. The number of rotatable bonds is 6. The highest BCUT2D eigenvalue weighted by molar-refractivity contribution is 5.88. The van der Waals surface area contributed by atoms with Crippen LogP contribution in [0.5, 0.6) is 17.4 Å². The van der Waals surface area contributed by atoms with Crippen LogP contribution < -0.4 is 9.47 Å². The van der Waals surface area contributed by atoms with E-state index in [1.807, 2.05) is 72.8 Å². The molecule has 0 radical (unpaired) electrons. The van der Waals surface area contributed by atoms with Crippen molar-refractivity contribution < 1.29 is 9.47 Å². The standard InChI is InChI=1S/C26H22N2O2/c1-3-7-20-16-23(19-12-14-21(29-2)15-13-19)24(17-27)26(28-20)30-25-11-6-9-18-8-4-5-10-22(18)25/h4-6,8-16H,3,7H2,1-2H3. The SMILES string of the molecule is CCCc1cc(-c2ccc(OC)cc2)c(C#N)c(Oc2cccc3ccccc23)n1. The molecule has 0 bridgehead atoms. The molecule has 0 aliphatic rings. The summed E-state index contributed by atoms with van der Waals surface area (Å²) >= 11 is 0. The fraction of sp³-hybridized carbons (Fsp3) is 0.154. The Balaban J connectivity index is 1.85. The molecule has 0 unspecified atom stereocenters. The van der Waals surface area contributed by atoms with E-state index in [-0.39, 0.29) is 0 Å². The van der Waals surface area contributed by atoms with Gasteiger partial charge in [-0.2, -0.15) is 5.26 Å². The van der Waals surface area contributed by atoms with Crippen LogP contribution in [0.2, 0.25) is 0 Å². The van der Waals surface area contributed by atoms with Crippen molar-refractivity contribution in [1.29, 1.82) is 5.26 Å². The molecule has 0 N–H and O–H groups in total. The number of ether oxygens (including phenoxy) is 2. The molecule has 0 spiro atoms. The van der Waals surface area contributed by atoms with E-state index in [0.29, 0.717) is 17.2 Å². The molecule has 30 heavy (non-hydrogen) atoms. The number of aryl methyl sites for hydroxylation is 1. The Morgan fingerprint density at radius 1 is 0.967 bits per heavy atom. The molecule has 1 aromatic heterocycles. The highest BCUT2D eigenvalue weighted by Crippen LogP contribution is 2.35. The average Bonchev–Trinajstić information content (AvgIpc) is 2.79. The van der Waals surface area contributed by atoms with Crippen molar-refractivity contribution in [2.75, 3.05) is 7.11 Å². The molecule has 4 aromatic rings. The molecule has 3 aromatic carbocycles. The molecule has 0 fully saturated rings. The van der Waals surface area contributed by atoms with Gasteiger partial charge in [-0.1, -0.05) is 61.9 Å². The molecule has 0 aliphatic carbocycles. The number of methoxy groups -OCH3 is 1. The Morgan fingerprint density at radius 3 is 2.47 bits per heavy atom. The molecular weight excluding hydrogens is 372 g/mol. The van der Waals surface area contributed by atoms with Gasteiger partial charge in [0.1, 0.15) is 23.1 Å². The second-order valence-corrected chi connectivity index (χ2v) is 7.01. The molecule has 4 rings (SSSR count). The number of fused-ring (bicyclic) bond motifs is 1. The first kappa shape index (κ1) is 19.5. The topological polar surface area (TPSA) is 55.1 Å². The van der Waals surface area contributed by atoms with E-state index < -0.39 is 0 Å². The lowest BCUT2D eigenvalue weighted by atomic mass is 9.99. The van der Waals surface area contributed by atoms with Gasteiger partial charge in [-0.15, -0.1) is 0 Å². The van der Waals surface area contributed by atoms with Crippen molar-refractivity contribution in [1.82, 2.24) is 4.98 Å². The van der Waals surface area contributed by atoms with Crippen LogP contribution in [0.4, 0.5) is 0 Å². The summed E-state index contributed by atoms with van der Waals surface area (Å²) in [7, 11) is 1.64. The zero-order valence-electron chi connectivity index (χ0n) is 17.1. The van der Waals surface area contributed by atoms with Crippen LogP contribution in [-0.4, -0.2) is 12.1 Å². The van der Waals surface area contributed by atoms with Gasteiger partial charge in [-0.25, -0.2) is 4.98 Å². The number of aromatic nitrogens is 1. The minimum Gasteiger partial charge on any atom is -0.497 e. The number of hydrogen-bond acceptors (Lipinski definition) is 4. The lowest BCUT2D eigenvalue weighted by molar-refractivity contribution is 0.415. The molecule has 0 amide bonds. The molecule has 0 aliphatic heterocycles. The summed E-state index contributed by atoms with van der Waals surface area (Å²) in [6.07, 6.45) is 1.76. The largest absolute Gasteiger partial charge is 0.497 e. The summed E-state index contributed by atoms with van der Waals surface area (Å²) in [6.45, 7) is 2.11. The molecule has 148 valence electrons. The highest BCUT2D eigenvalue weighted by Gasteiger charge is 2.17. The van der Waals surface area contributed by atoms with Crippen molar-refractivity contribution in [3.05, 3.63) is 84.1 Å². The van der Waals surface area contributed by atoms with Gasteiger partial charge in [-0.3, -0.25) is 0 Å². The van der Waals surface area contributed by atoms with Gasteiger partial charge in [-0.05, 0) is 41.6 Å². The van der Waals surface area contributed by atoms with Crippen molar-refractivity contribution in [3.8, 4) is 34.6 Å². The van der Waals surface area contributed by atoms with E-state index >= 15 is 0 Å². The third kappa shape index (κ3) is 3.83. The van der Waals surface area contributed by atoms with Gasteiger partial charge in [0.2, 0.25) is 5.88 Å². The van der Waals surface area contributed by atoms with E-state index in [0.717, 1.165) is 46.2 Å². The molecule has 0 saturated carbocycles. The van der Waals surface area contributed by atoms with Crippen LogP contribution in [0.3, 0.4) is 0 Å². The van der Waals surface area contributed by atoms with Crippen molar-refractivity contribution in [3.63, 3.8) is 0 Å². The molecule has 4 heteroatoms. The normalized spacial score (nSPS) is 10.6. The maximum atomic E-state index is 9.98. The second kappa shape index (κ2) is 8.67. The molecule has 0 atom stereocenters. The van der Waals surface area contributed by atoms with E-state index in [4.69, 9.17) is 9.47 Å².